The third kappa shape index (κ3) is 8.07. The van der Waals surface area contributed by atoms with Crippen LogP contribution in [0.25, 0.3) is 0 Å². The first kappa shape index (κ1) is 26.1. The van der Waals surface area contributed by atoms with Gasteiger partial charge in [0, 0.05) is 17.3 Å². The van der Waals surface area contributed by atoms with Gasteiger partial charge in [0.25, 0.3) is 5.91 Å². The summed E-state index contributed by atoms with van der Waals surface area (Å²) in [7, 11) is 0. The molecule has 0 saturated heterocycles. The summed E-state index contributed by atoms with van der Waals surface area (Å²) < 4.78 is 0.898. The van der Waals surface area contributed by atoms with Crippen LogP contribution >= 0.6 is 22.6 Å². The Labute approximate surface area is 203 Å². The van der Waals surface area contributed by atoms with E-state index in [1.807, 2.05) is 0 Å². The Kier molecular flexibility index (Phi) is 9.92. The smallest absolute Gasteiger partial charge is 0.267 e. The summed E-state index contributed by atoms with van der Waals surface area (Å²) in [6.07, 6.45) is 5.55. The number of rotatable bonds is 11. The number of primary amides is 1. The van der Waals surface area contributed by atoms with Crippen LogP contribution in [0.5, 0.6) is 0 Å². The van der Waals surface area contributed by atoms with E-state index >= 15 is 0 Å². The lowest BCUT2D eigenvalue weighted by Crippen LogP contribution is -2.52. The van der Waals surface area contributed by atoms with Crippen molar-refractivity contribution >= 4 is 51.7 Å². The van der Waals surface area contributed by atoms with E-state index in [0.29, 0.717) is 17.7 Å². The normalized spacial score (nSPS) is 18.3. The zero-order chi connectivity index (χ0) is 23.7. The molecule has 9 heteroatoms. The zero-order valence-electron chi connectivity index (χ0n) is 18.8. The van der Waals surface area contributed by atoms with Gasteiger partial charge in [-0.05, 0) is 48.0 Å². The average molecular weight is 555 g/mol. The molecule has 6 N–H and O–H groups in total. The Morgan fingerprint density at radius 2 is 2.00 bits per heavy atom. The van der Waals surface area contributed by atoms with E-state index in [0.717, 1.165) is 36.5 Å². The molecule has 0 heterocycles. The maximum atomic E-state index is 12.9. The molecule has 2 rings (SSSR count). The highest BCUT2D eigenvalue weighted by atomic mass is 127. The minimum Gasteiger partial charge on any atom is -0.376 e. The molecular formula is C23H34IN5O3. The van der Waals surface area contributed by atoms with E-state index in [4.69, 9.17) is 11.1 Å². The molecule has 1 saturated carbocycles. The Morgan fingerprint density at radius 1 is 1.28 bits per heavy atom. The number of nitrogens with one attached hydrogen (secondary N) is 4. The molecule has 1 aliphatic rings. The SMILES string of the molecule is CC1(C)CCC[C@@H](NC(=O)[C@H](CCCI)NC(=O)CNc2ccccc2C(=N)C(N)=O)C1. The first-order valence-electron chi connectivity index (χ1n) is 11.0. The number of nitrogens with two attached hydrogens (primary N) is 1. The summed E-state index contributed by atoms with van der Waals surface area (Å²) in [6.45, 7) is 4.36. The van der Waals surface area contributed by atoms with E-state index < -0.39 is 11.9 Å². The summed E-state index contributed by atoms with van der Waals surface area (Å²) >= 11 is 2.26. The highest BCUT2D eigenvalue weighted by Gasteiger charge is 2.30. The molecule has 176 valence electrons. The number of halogens is 1. The number of benzene rings is 1. The summed E-state index contributed by atoms with van der Waals surface area (Å²) in [5.74, 6) is -1.31. The Hall–Kier alpha value is -2.17. The second kappa shape index (κ2) is 12.2. The molecule has 0 radical (unpaired) electrons. The molecule has 0 aromatic heterocycles. The maximum absolute atomic E-state index is 12.9. The van der Waals surface area contributed by atoms with Crippen molar-refractivity contribution in [2.45, 2.75) is 64.5 Å². The summed E-state index contributed by atoms with van der Waals surface area (Å²) in [4.78, 5) is 36.9. The molecule has 3 amide bonds. The Morgan fingerprint density at radius 3 is 2.66 bits per heavy atom. The van der Waals surface area contributed by atoms with Crippen LogP contribution in [0.4, 0.5) is 5.69 Å². The molecule has 2 atom stereocenters. The van der Waals surface area contributed by atoms with Gasteiger partial charge in [0.1, 0.15) is 11.8 Å². The minimum absolute atomic E-state index is 0.0898. The molecule has 8 nitrogen and oxygen atoms in total. The number of alkyl halides is 1. The molecule has 0 aliphatic heterocycles. The van der Waals surface area contributed by atoms with Crippen LogP contribution in [-0.4, -0.2) is 46.5 Å². The fraction of sp³-hybridized carbons (Fsp3) is 0.565. The lowest BCUT2D eigenvalue weighted by molar-refractivity contribution is -0.129. The topological polar surface area (TPSA) is 137 Å². The van der Waals surface area contributed by atoms with Crippen molar-refractivity contribution in [2.75, 3.05) is 16.3 Å². The Bertz CT molecular complexity index is 843. The van der Waals surface area contributed by atoms with E-state index in [-0.39, 0.29) is 35.5 Å². The average Bonchev–Trinajstić information content (AvgIpc) is 2.74. The standard InChI is InChI=1S/C23H34IN5O3/c1-23(2)11-5-7-15(13-23)28-22(32)18(10-6-12-24)29-19(30)14-27-17-9-4-3-8-16(17)20(25)21(26)31/h3-4,8-9,15,18,25,27H,5-7,10-14H2,1-2H3,(H2,26,31)(H,28,32)(H,29,30)/t15-,18+/m1/s1. The van der Waals surface area contributed by atoms with E-state index in [9.17, 15) is 14.4 Å². The van der Waals surface area contributed by atoms with Gasteiger partial charge in [-0.25, -0.2) is 0 Å². The monoisotopic (exact) mass is 555 g/mol. The largest absolute Gasteiger partial charge is 0.376 e. The van der Waals surface area contributed by atoms with Gasteiger partial charge in [0.15, 0.2) is 0 Å². The van der Waals surface area contributed by atoms with Gasteiger partial charge >= 0.3 is 0 Å². The number of hydrogen-bond donors (Lipinski definition) is 5. The molecule has 1 aromatic rings. The molecule has 32 heavy (non-hydrogen) atoms. The first-order chi connectivity index (χ1) is 15.1. The third-order valence-electron chi connectivity index (χ3n) is 5.71. The molecule has 1 aliphatic carbocycles. The second-order valence-corrected chi connectivity index (χ2v) is 10.1. The van der Waals surface area contributed by atoms with Crippen molar-refractivity contribution in [2.24, 2.45) is 11.1 Å². The van der Waals surface area contributed by atoms with Crippen molar-refractivity contribution < 1.29 is 14.4 Å². The zero-order valence-corrected chi connectivity index (χ0v) is 21.0. The number of amides is 3. The van der Waals surface area contributed by atoms with Gasteiger partial charge in [0.05, 0.1) is 6.54 Å². The number of carbonyl (C=O) groups excluding carboxylic acids is 3. The second-order valence-electron chi connectivity index (χ2n) is 9.06. The highest BCUT2D eigenvalue weighted by Crippen LogP contribution is 2.35. The molecule has 1 aromatic carbocycles. The first-order valence-corrected chi connectivity index (χ1v) is 12.5. The van der Waals surface area contributed by atoms with Crippen LogP contribution in [0.2, 0.25) is 0 Å². The lowest BCUT2D eigenvalue weighted by Gasteiger charge is -2.36. The predicted molar refractivity (Wildman–Crippen MR) is 135 cm³/mol. The van der Waals surface area contributed by atoms with Gasteiger partial charge in [-0.3, -0.25) is 19.8 Å². The molecule has 1 fully saturated rings. The van der Waals surface area contributed by atoms with Crippen molar-refractivity contribution in [3.05, 3.63) is 29.8 Å². The van der Waals surface area contributed by atoms with Gasteiger partial charge in [-0.2, -0.15) is 0 Å². The Balaban J connectivity index is 1.97. The van der Waals surface area contributed by atoms with E-state index in [1.165, 1.54) is 0 Å². The fourth-order valence-electron chi connectivity index (χ4n) is 4.08. The molecule has 0 unspecified atom stereocenters. The van der Waals surface area contributed by atoms with E-state index in [2.05, 4.69) is 52.4 Å². The van der Waals surface area contributed by atoms with Crippen molar-refractivity contribution in [1.29, 1.82) is 5.41 Å². The number of anilines is 1. The van der Waals surface area contributed by atoms with Gasteiger partial charge in [-0.15, -0.1) is 0 Å². The summed E-state index contributed by atoms with van der Waals surface area (Å²) in [5.41, 5.74) is 5.89. The minimum atomic E-state index is -0.842. The lowest BCUT2D eigenvalue weighted by atomic mass is 9.75. The highest BCUT2D eigenvalue weighted by molar-refractivity contribution is 14.1. The molecule has 0 bridgehead atoms. The summed E-state index contributed by atoms with van der Waals surface area (Å²) in [5, 5.41) is 16.8. The number of hydrogen-bond acceptors (Lipinski definition) is 5. The number of para-hydroxylation sites is 1. The van der Waals surface area contributed by atoms with Crippen LogP contribution in [0.15, 0.2) is 24.3 Å². The van der Waals surface area contributed by atoms with Crippen LogP contribution in [-0.2, 0) is 14.4 Å². The van der Waals surface area contributed by atoms with Crippen LogP contribution in [0.1, 0.15) is 57.9 Å². The van der Waals surface area contributed by atoms with Crippen LogP contribution in [0.3, 0.4) is 0 Å². The van der Waals surface area contributed by atoms with Crippen molar-refractivity contribution in [3.63, 3.8) is 0 Å². The third-order valence-corrected chi connectivity index (χ3v) is 6.47. The van der Waals surface area contributed by atoms with Crippen LogP contribution in [0, 0.1) is 10.8 Å². The molecule has 0 spiro atoms. The summed E-state index contributed by atoms with van der Waals surface area (Å²) in [6, 6.07) is 6.23. The van der Waals surface area contributed by atoms with Crippen molar-refractivity contribution in [1.82, 2.24) is 10.6 Å². The fourth-order valence-corrected chi connectivity index (χ4v) is 4.52. The van der Waals surface area contributed by atoms with Gasteiger partial charge < -0.3 is 21.7 Å². The maximum Gasteiger partial charge on any atom is 0.267 e. The van der Waals surface area contributed by atoms with Gasteiger partial charge in [0.2, 0.25) is 11.8 Å². The van der Waals surface area contributed by atoms with Crippen LogP contribution < -0.4 is 21.7 Å². The quantitative estimate of drug-likeness (QED) is 0.163. The van der Waals surface area contributed by atoms with Gasteiger partial charge in [-0.1, -0.05) is 61.1 Å². The molecular weight excluding hydrogens is 521 g/mol. The van der Waals surface area contributed by atoms with Crippen molar-refractivity contribution in [3.8, 4) is 0 Å². The van der Waals surface area contributed by atoms with E-state index in [1.54, 1.807) is 24.3 Å². The predicted octanol–water partition coefficient (Wildman–Crippen LogP) is 2.74. The number of carbonyl (C=O) groups is 3.